The van der Waals surface area contributed by atoms with Crippen molar-refractivity contribution in [2.45, 2.75) is 135 Å². The molecule has 6 rings (SSSR count). The Morgan fingerprint density at radius 2 is 1.60 bits per heavy atom. The first-order valence-electron chi connectivity index (χ1n) is 23.5. The molecule has 0 unspecified atom stereocenters. The van der Waals surface area contributed by atoms with E-state index < -0.39 is 125 Å². The van der Waals surface area contributed by atoms with Crippen molar-refractivity contribution in [1.29, 1.82) is 0 Å². The largest absolute Gasteiger partial charge is 0.509 e. The summed E-state index contributed by atoms with van der Waals surface area (Å²) in [7, 11) is 4.51. The number of hydrogen-bond donors (Lipinski definition) is 3. The number of methoxy groups -OCH3 is 1. The summed E-state index contributed by atoms with van der Waals surface area (Å²) in [5, 5.41) is 28.1. The van der Waals surface area contributed by atoms with Gasteiger partial charge in [0, 0.05) is 43.8 Å². The van der Waals surface area contributed by atoms with E-state index in [-0.39, 0.29) is 36.3 Å². The molecule has 1 amide bonds. The second-order valence-corrected chi connectivity index (χ2v) is 22.7. The van der Waals surface area contributed by atoms with Crippen LogP contribution >= 0.6 is 21.6 Å². The van der Waals surface area contributed by atoms with Crippen LogP contribution in [-0.2, 0) is 52.3 Å². The van der Waals surface area contributed by atoms with Crippen molar-refractivity contribution < 1.29 is 76.9 Å². The quantitative estimate of drug-likeness (QED) is 0.0471. The van der Waals surface area contributed by atoms with Crippen molar-refractivity contribution in [3.8, 4) is 0 Å². The SMILES string of the molecule is CCCSSCCOC(=O)O[C@@H](C(=O)O[C@H]1C[C@@]2(O)[C@@H](OC(=O)c3ccccc3)[C@@H]3[C@]4(OC(C)=O)CO[C@@H]4C[C@H](OC)[C@@]3(C)C(=O)[C@H](CO)C(=C1C)C2(C)C)[C@@H](NC(=O)OC(C)(C)C)c1ccccc1. The molecule has 2 aromatic rings. The average Bonchev–Trinajstić information content (AvgIpc) is 3.30. The van der Waals surface area contributed by atoms with Crippen LogP contribution in [-0.4, -0.2) is 132 Å². The number of fused-ring (bicyclic) bond motifs is 5. The maximum absolute atomic E-state index is 15.8. The summed E-state index contributed by atoms with van der Waals surface area (Å²) >= 11 is 0. The number of ketones is 1. The summed E-state index contributed by atoms with van der Waals surface area (Å²) in [6.45, 7) is 13.6. The molecule has 3 N–H and O–H groups in total. The number of rotatable bonds is 17. The van der Waals surface area contributed by atoms with Gasteiger partial charge in [-0.25, -0.2) is 19.2 Å². The van der Waals surface area contributed by atoms with Gasteiger partial charge < -0.3 is 53.4 Å². The lowest BCUT2D eigenvalue weighted by Gasteiger charge is -2.68. The van der Waals surface area contributed by atoms with E-state index in [0.717, 1.165) is 12.2 Å². The third kappa shape index (κ3) is 10.7. The van der Waals surface area contributed by atoms with Gasteiger partial charge in [0.2, 0.25) is 6.10 Å². The van der Waals surface area contributed by atoms with Gasteiger partial charge >= 0.3 is 30.2 Å². The molecule has 0 radical (unpaired) electrons. The number of ether oxygens (including phenoxy) is 8. The van der Waals surface area contributed by atoms with E-state index in [9.17, 15) is 29.4 Å². The van der Waals surface area contributed by atoms with Crippen molar-refractivity contribution in [2.24, 2.45) is 22.7 Å². The molecule has 1 aliphatic heterocycles. The summed E-state index contributed by atoms with van der Waals surface area (Å²) in [6.07, 6.45) is -8.69. The maximum atomic E-state index is 15.8. The van der Waals surface area contributed by atoms with Crippen LogP contribution in [0.2, 0.25) is 0 Å². The first-order chi connectivity index (χ1) is 33.0. The van der Waals surface area contributed by atoms with Crippen molar-refractivity contribution in [3.05, 3.63) is 82.9 Å². The highest BCUT2D eigenvalue weighted by Gasteiger charge is 2.78. The lowest BCUT2D eigenvalue weighted by Crippen LogP contribution is -2.81. The van der Waals surface area contributed by atoms with E-state index in [2.05, 4.69) is 5.32 Å². The number of amides is 1. The standard InChI is InChI=1S/C51H67NO16S2/c1-11-23-69-70-24-22-62-46(59)65-39(38(31-18-14-12-15-19-31)52-45(58)68-47(4,5)6)44(57)64-34-26-51(60)42(66-43(56)32-20-16-13-17-21-32)40-49(9,41(55)33(27-53)37(29(34)2)48(51,7)8)35(61-10)25-36-50(40,28-63-36)67-30(3)54/h12-21,33-36,38-40,42,53,60H,11,22-28H2,1-10H3,(H,52,58)/t33-,34+,35+,36-,38+,39-,40+,42+,49-,50+,51-/m1/s1. The molecule has 11 atom stereocenters. The van der Waals surface area contributed by atoms with E-state index in [1.807, 2.05) is 6.92 Å². The second-order valence-electron chi connectivity index (χ2n) is 20.0. The summed E-state index contributed by atoms with van der Waals surface area (Å²) < 4.78 is 48.1. The number of carbonyl (C=O) groups excluding carboxylic acids is 6. The molecule has 3 aliphatic carbocycles. The topological polar surface area (TPSA) is 229 Å². The molecule has 2 bridgehead atoms. The first kappa shape index (κ1) is 54.7. The predicted octanol–water partition coefficient (Wildman–Crippen LogP) is 7.11. The zero-order chi connectivity index (χ0) is 51.4. The van der Waals surface area contributed by atoms with Gasteiger partial charge in [0.1, 0.15) is 42.2 Å². The van der Waals surface area contributed by atoms with Gasteiger partial charge in [0.15, 0.2) is 11.4 Å². The zero-order valence-corrected chi connectivity index (χ0v) is 43.1. The van der Waals surface area contributed by atoms with Crippen LogP contribution in [0.5, 0.6) is 0 Å². The van der Waals surface area contributed by atoms with Gasteiger partial charge in [-0.2, -0.15) is 0 Å². The number of benzene rings is 2. The molecule has 1 saturated heterocycles. The number of alkyl carbamates (subject to hydrolysis) is 1. The molecule has 2 saturated carbocycles. The molecule has 2 aromatic carbocycles. The van der Waals surface area contributed by atoms with Crippen LogP contribution < -0.4 is 5.32 Å². The van der Waals surface area contributed by atoms with Crippen LogP contribution in [0.25, 0.3) is 0 Å². The Hall–Kier alpha value is -4.66. The fourth-order valence-electron chi connectivity index (χ4n) is 10.9. The number of nitrogens with one attached hydrogen (secondary N) is 1. The van der Waals surface area contributed by atoms with Gasteiger partial charge in [0.05, 0.1) is 42.1 Å². The van der Waals surface area contributed by atoms with Crippen LogP contribution in [0.4, 0.5) is 9.59 Å². The van der Waals surface area contributed by atoms with E-state index in [4.69, 9.17) is 37.9 Å². The molecule has 3 fully saturated rings. The van der Waals surface area contributed by atoms with Gasteiger partial charge in [-0.3, -0.25) is 9.59 Å². The second kappa shape index (κ2) is 22.0. The molecule has 19 heteroatoms. The van der Waals surface area contributed by atoms with E-state index in [1.165, 1.54) is 37.0 Å². The van der Waals surface area contributed by atoms with Gasteiger partial charge in [0.25, 0.3) is 0 Å². The predicted molar refractivity (Wildman–Crippen MR) is 258 cm³/mol. The Morgan fingerprint density at radius 3 is 2.17 bits per heavy atom. The smallest absolute Gasteiger partial charge is 0.455 e. The van der Waals surface area contributed by atoms with Crippen molar-refractivity contribution >= 4 is 57.5 Å². The third-order valence-electron chi connectivity index (χ3n) is 14.1. The molecule has 0 spiro atoms. The maximum Gasteiger partial charge on any atom is 0.509 e. The molecular formula is C51H67NO16S2. The lowest BCUT2D eigenvalue weighted by molar-refractivity contribution is -0.347. The highest BCUT2D eigenvalue weighted by molar-refractivity contribution is 8.76. The average molecular weight is 1010 g/mol. The van der Waals surface area contributed by atoms with Gasteiger partial charge in [-0.05, 0) is 69.9 Å². The summed E-state index contributed by atoms with van der Waals surface area (Å²) in [4.78, 5) is 85.6. The Kier molecular flexibility index (Phi) is 17.2. The molecule has 1 heterocycles. The highest BCUT2D eigenvalue weighted by Crippen LogP contribution is 2.65. The van der Waals surface area contributed by atoms with Gasteiger partial charge in [-0.1, -0.05) is 90.9 Å². The number of Topliss-reactive ketones (excluding diaryl/α,β-unsaturated/α-hetero) is 1. The molecular weight excluding hydrogens is 947 g/mol. The summed E-state index contributed by atoms with van der Waals surface area (Å²) in [6, 6.07) is 14.8. The minimum absolute atomic E-state index is 0.0699. The monoisotopic (exact) mass is 1010 g/mol. The van der Waals surface area contributed by atoms with Crippen molar-refractivity contribution in [1.82, 2.24) is 5.32 Å². The minimum atomic E-state index is -2.32. The van der Waals surface area contributed by atoms with Gasteiger partial charge in [-0.15, -0.1) is 0 Å². The molecule has 0 aromatic heterocycles. The van der Waals surface area contributed by atoms with E-state index >= 15 is 9.59 Å². The fraction of sp³-hybridized carbons (Fsp3) is 0.608. The van der Waals surface area contributed by atoms with Crippen molar-refractivity contribution in [2.75, 3.05) is 38.4 Å². The Morgan fingerprint density at radius 1 is 0.957 bits per heavy atom. The molecule has 17 nitrogen and oxygen atoms in total. The Bertz CT molecular complexity index is 2270. The molecule has 384 valence electrons. The van der Waals surface area contributed by atoms with Crippen LogP contribution in [0.3, 0.4) is 0 Å². The third-order valence-corrected chi connectivity index (χ3v) is 16.7. The van der Waals surface area contributed by atoms with Crippen molar-refractivity contribution in [3.63, 3.8) is 0 Å². The van der Waals surface area contributed by atoms with E-state index in [1.54, 1.807) is 108 Å². The summed E-state index contributed by atoms with van der Waals surface area (Å²) in [5.41, 5.74) is -7.38. The number of hydrogen-bond acceptors (Lipinski definition) is 18. The molecule has 70 heavy (non-hydrogen) atoms. The normalized spacial score (nSPS) is 29.8. The Labute approximate surface area is 417 Å². The number of carbonyl (C=O) groups is 6. The number of aliphatic hydroxyl groups excluding tert-OH is 1. The van der Waals surface area contributed by atoms with Crippen LogP contribution in [0.1, 0.15) is 104 Å². The van der Waals surface area contributed by atoms with Crippen LogP contribution in [0, 0.1) is 22.7 Å². The lowest BCUT2D eigenvalue weighted by atomic mass is 9.43. The Balaban J connectivity index is 1.51. The summed E-state index contributed by atoms with van der Waals surface area (Å²) in [5.74, 6) is -4.85. The number of aliphatic hydroxyl groups is 2. The van der Waals surface area contributed by atoms with E-state index in [0.29, 0.717) is 11.3 Å². The highest BCUT2D eigenvalue weighted by atomic mass is 33.1. The fourth-order valence-corrected chi connectivity index (χ4v) is 12.9. The number of esters is 3. The molecule has 4 aliphatic rings. The van der Waals surface area contributed by atoms with Crippen LogP contribution in [0.15, 0.2) is 71.8 Å². The zero-order valence-electron chi connectivity index (χ0n) is 41.5. The first-order valence-corrected chi connectivity index (χ1v) is 26.0. The minimum Gasteiger partial charge on any atom is -0.455 e.